The van der Waals surface area contributed by atoms with Crippen LogP contribution in [0.5, 0.6) is 5.75 Å². The molecule has 0 aliphatic carbocycles. The molecule has 0 saturated carbocycles. The molecule has 0 unspecified atom stereocenters. The van der Waals surface area contributed by atoms with E-state index in [0.29, 0.717) is 6.42 Å². The van der Waals surface area contributed by atoms with E-state index >= 15 is 0 Å². The number of nitrogens with zero attached hydrogens (tertiary/aromatic N) is 1. The number of nitrogens with one attached hydrogen (secondary N) is 1. The van der Waals surface area contributed by atoms with Gasteiger partial charge < -0.3 is 19.7 Å². The molecular formula is C16H20N2O3. The minimum atomic E-state index is -0.0164. The van der Waals surface area contributed by atoms with Crippen LogP contribution in [0.15, 0.2) is 24.4 Å². The van der Waals surface area contributed by atoms with Crippen LogP contribution in [-0.4, -0.2) is 47.2 Å². The number of fused-ring (bicyclic) bond motifs is 1. The van der Waals surface area contributed by atoms with Crippen LogP contribution in [0.4, 0.5) is 0 Å². The summed E-state index contributed by atoms with van der Waals surface area (Å²) in [5, 5.41) is 10.4. The lowest BCUT2D eigenvalue weighted by Crippen LogP contribution is -2.38. The molecule has 1 aromatic carbocycles. The second-order valence-corrected chi connectivity index (χ2v) is 5.47. The molecule has 1 amide bonds. The number of benzene rings is 1. The number of methoxy groups -OCH3 is 1. The van der Waals surface area contributed by atoms with Gasteiger partial charge in [0.1, 0.15) is 5.75 Å². The molecule has 1 fully saturated rings. The molecule has 1 aromatic heterocycles. The van der Waals surface area contributed by atoms with E-state index in [2.05, 4.69) is 4.98 Å². The lowest BCUT2D eigenvalue weighted by atomic mass is 10.1. The number of hydrogen-bond donors (Lipinski definition) is 2. The quantitative estimate of drug-likeness (QED) is 0.900. The minimum Gasteiger partial charge on any atom is -0.497 e. The first kappa shape index (κ1) is 13.9. The van der Waals surface area contributed by atoms with Crippen LogP contribution in [0.1, 0.15) is 18.4 Å². The van der Waals surface area contributed by atoms with E-state index in [1.54, 1.807) is 12.0 Å². The Hall–Kier alpha value is -2.01. The Morgan fingerprint density at radius 1 is 1.52 bits per heavy atom. The van der Waals surface area contributed by atoms with E-state index in [9.17, 15) is 9.90 Å². The van der Waals surface area contributed by atoms with Crippen molar-refractivity contribution in [2.75, 3.05) is 20.3 Å². The Balaban J connectivity index is 1.82. The molecule has 0 radical (unpaired) electrons. The van der Waals surface area contributed by atoms with Crippen molar-refractivity contribution in [3.63, 3.8) is 0 Å². The lowest BCUT2D eigenvalue weighted by Gasteiger charge is -2.22. The van der Waals surface area contributed by atoms with Gasteiger partial charge in [-0.1, -0.05) is 0 Å². The zero-order chi connectivity index (χ0) is 14.8. The molecule has 5 nitrogen and oxygen atoms in total. The number of aromatic nitrogens is 1. The Morgan fingerprint density at radius 2 is 2.38 bits per heavy atom. The number of amides is 1. The second kappa shape index (κ2) is 5.77. The number of carbonyl (C=O) groups excluding carboxylic acids is 1. The zero-order valence-electron chi connectivity index (χ0n) is 12.1. The smallest absolute Gasteiger partial charge is 0.227 e. The molecular weight excluding hydrogens is 268 g/mol. The monoisotopic (exact) mass is 288 g/mol. The molecule has 5 heteroatoms. The fourth-order valence-electron chi connectivity index (χ4n) is 3.05. The van der Waals surface area contributed by atoms with Crippen molar-refractivity contribution in [1.29, 1.82) is 0 Å². The maximum Gasteiger partial charge on any atom is 0.227 e. The highest BCUT2D eigenvalue weighted by Crippen LogP contribution is 2.25. The van der Waals surface area contributed by atoms with E-state index in [1.807, 2.05) is 24.4 Å². The number of aliphatic hydroxyl groups excluding tert-OH is 1. The van der Waals surface area contributed by atoms with Gasteiger partial charge in [0, 0.05) is 23.6 Å². The van der Waals surface area contributed by atoms with Gasteiger partial charge in [-0.3, -0.25) is 4.79 Å². The molecule has 0 spiro atoms. The summed E-state index contributed by atoms with van der Waals surface area (Å²) in [5.41, 5.74) is 1.97. The standard InChI is InChI=1S/C16H20N2O3/c1-21-13-4-5-15-14(8-13)11(9-17-15)7-16(20)18-6-2-3-12(18)10-19/h4-5,8-9,12,17,19H,2-3,6-7,10H2,1H3/t12-/m1/s1. The Kier molecular flexibility index (Phi) is 3.84. The average molecular weight is 288 g/mol. The van der Waals surface area contributed by atoms with Crippen LogP contribution in [-0.2, 0) is 11.2 Å². The first-order valence-electron chi connectivity index (χ1n) is 7.27. The summed E-state index contributed by atoms with van der Waals surface area (Å²) >= 11 is 0. The van der Waals surface area contributed by atoms with Crippen molar-refractivity contribution in [2.24, 2.45) is 0 Å². The molecule has 2 N–H and O–H groups in total. The number of carbonyl (C=O) groups is 1. The summed E-state index contributed by atoms with van der Waals surface area (Å²) in [4.78, 5) is 17.4. The number of aliphatic hydroxyl groups is 1. The largest absolute Gasteiger partial charge is 0.497 e. The summed E-state index contributed by atoms with van der Waals surface area (Å²) in [7, 11) is 1.63. The van der Waals surface area contributed by atoms with Gasteiger partial charge in [0.15, 0.2) is 0 Å². The molecule has 1 atom stereocenters. The summed E-state index contributed by atoms with van der Waals surface area (Å²) in [6.45, 7) is 0.795. The number of likely N-dealkylation sites (tertiary alicyclic amines) is 1. The van der Waals surface area contributed by atoms with Crippen LogP contribution >= 0.6 is 0 Å². The Morgan fingerprint density at radius 3 is 3.14 bits per heavy atom. The van der Waals surface area contributed by atoms with Crippen molar-refractivity contribution in [2.45, 2.75) is 25.3 Å². The first-order chi connectivity index (χ1) is 10.2. The van der Waals surface area contributed by atoms with Gasteiger partial charge >= 0.3 is 0 Å². The predicted octanol–water partition coefficient (Wildman–Crippen LogP) is 1.70. The maximum atomic E-state index is 12.4. The van der Waals surface area contributed by atoms with Gasteiger partial charge in [-0.25, -0.2) is 0 Å². The maximum absolute atomic E-state index is 12.4. The summed E-state index contributed by atoms with van der Waals surface area (Å²) in [6, 6.07) is 5.78. The van der Waals surface area contributed by atoms with Gasteiger partial charge in [-0.2, -0.15) is 0 Å². The van der Waals surface area contributed by atoms with E-state index in [0.717, 1.165) is 41.6 Å². The number of ether oxygens (including phenoxy) is 1. The highest BCUT2D eigenvalue weighted by molar-refractivity contribution is 5.90. The fourth-order valence-corrected chi connectivity index (χ4v) is 3.05. The second-order valence-electron chi connectivity index (χ2n) is 5.47. The van der Waals surface area contributed by atoms with E-state index in [-0.39, 0.29) is 18.6 Å². The third kappa shape index (κ3) is 2.61. The molecule has 3 rings (SSSR count). The van der Waals surface area contributed by atoms with Crippen LogP contribution in [0, 0.1) is 0 Å². The highest BCUT2D eigenvalue weighted by Gasteiger charge is 2.28. The molecule has 2 aromatic rings. The van der Waals surface area contributed by atoms with Gasteiger partial charge in [-0.05, 0) is 36.6 Å². The number of hydrogen-bond acceptors (Lipinski definition) is 3. The van der Waals surface area contributed by atoms with Crippen LogP contribution < -0.4 is 4.74 Å². The molecule has 0 bridgehead atoms. The first-order valence-corrected chi connectivity index (χ1v) is 7.27. The molecule has 21 heavy (non-hydrogen) atoms. The van der Waals surface area contributed by atoms with Crippen molar-refractivity contribution >= 4 is 16.8 Å². The lowest BCUT2D eigenvalue weighted by molar-refractivity contribution is -0.131. The van der Waals surface area contributed by atoms with E-state index < -0.39 is 0 Å². The fraction of sp³-hybridized carbons (Fsp3) is 0.438. The SMILES string of the molecule is COc1ccc2[nH]cc(CC(=O)N3CCC[C@@H]3CO)c2c1. The molecule has 1 aliphatic rings. The number of aromatic amines is 1. The minimum absolute atomic E-state index is 0.0164. The van der Waals surface area contributed by atoms with E-state index in [1.165, 1.54) is 0 Å². The molecule has 112 valence electrons. The van der Waals surface area contributed by atoms with Crippen LogP contribution in [0.3, 0.4) is 0 Å². The normalized spacial score (nSPS) is 18.4. The van der Waals surface area contributed by atoms with E-state index in [4.69, 9.17) is 4.74 Å². The van der Waals surface area contributed by atoms with Crippen molar-refractivity contribution in [3.05, 3.63) is 30.0 Å². The molecule has 1 aliphatic heterocycles. The van der Waals surface area contributed by atoms with Gasteiger partial charge in [0.05, 0.1) is 26.2 Å². The third-order valence-corrected chi connectivity index (χ3v) is 4.22. The number of rotatable bonds is 4. The van der Waals surface area contributed by atoms with Gasteiger partial charge in [0.25, 0.3) is 0 Å². The topological polar surface area (TPSA) is 65.6 Å². The van der Waals surface area contributed by atoms with Crippen molar-refractivity contribution in [3.8, 4) is 5.75 Å². The van der Waals surface area contributed by atoms with Gasteiger partial charge in [-0.15, -0.1) is 0 Å². The summed E-state index contributed by atoms with van der Waals surface area (Å²) < 4.78 is 5.24. The number of H-pyrrole nitrogens is 1. The summed E-state index contributed by atoms with van der Waals surface area (Å²) in [6.07, 6.45) is 4.10. The van der Waals surface area contributed by atoms with Crippen LogP contribution in [0.25, 0.3) is 10.9 Å². The van der Waals surface area contributed by atoms with Crippen LogP contribution in [0.2, 0.25) is 0 Å². The molecule has 2 heterocycles. The Bertz CT molecular complexity index is 650. The molecule has 1 saturated heterocycles. The third-order valence-electron chi connectivity index (χ3n) is 4.22. The Labute approximate surface area is 123 Å². The predicted molar refractivity (Wildman–Crippen MR) is 80.4 cm³/mol. The summed E-state index contributed by atoms with van der Waals surface area (Å²) in [5.74, 6) is 0.862. The van der Waals surface area contributed by atoms with Crippen molar-refractivity contribution in [1.82, 2.24) is 9.88 Å². The van der Waals surface area contributed by atoms with Crippen molar-refractivity contribution < 1.29 is 14.6 Å². The van der Waals surface area contributed by atoms with Gasteiger partial charge in [0.2, 0.25) is 5.91 Å². The highest BCUT2D eigenvalue weighted by atomic mass is 16.5. The average Bonchev–Trinajstić information content (AvgIpc) is 3.13. The zero-order valence-corrected chi connectivity index (χ0v) is 12.1.